The van der Waals surface area contributed by atoms with Crippen molar-refractivity contribution in [1.82, 2.24) is 9.78 Å². The number of alkyl halides is 3. The molecule has 0 radical (unpaired) electrons. The normalized spacial score (nSPS) is 12.0. The molecule has 1 N–H and O–H groups in total. The molecule has 0 spiro atoms. The van der Waals surface area contributed by atoms with Gasteiger partial charge >= 0.3 is 6.18 Å². The largest absolute Gasteiger partial charge is 0.419 e. The number of nitrogens with zero attached hydrogens (tertiary/aromatic N) is 1. The first-order valence-corrected chi connectivity index (χ1v) is 7.40. The smallest absolute Gasteiger partial charge is 0.383 e. The van der Waals surface area contributed by atoms with E-state index in [1.54, 1.807) is 16.8 Å². The number of nitrogens with one attached hydrogen (secondary N) is 1. The summed E-state index contributed by atoms with van der Waals surface area (Å²) < 4.78 is 58.6. The summed E-state index contributed by atoms with van der Waals surface area (Å²) >= 11 is 0. The first-order chi connectivity index (χ1) is 11.8. The van der Waals surface area contributed by atoms with Gasteiger partial charge in [-0.05, 0) is 35.4 Å². The molecule has 25 heavy (non-hydrogen) atoms. The number of hydrogen-bond acceptors (Lipinski definition) is 2. The molecule has 0 unspecified atom stereocenters. The monoisotopic (exact) mass is 354 g/mol. The van der Waals surface area contributed by atoms with Gasteiger partial charge in [0.2, 0.25) is 0 Å². The summed E-state index contributed by atoms with van der Waals surface area (Å²) in [7, 11) is 1.54. The summed E-state index contributed by atoms with van der Waals surface area (Å²) in [6, 6.07) is 7.48. The summed E-state index contributed by atoms with van der Waals surface area (Å²) in [6.45, 7) is 0.831. The molecular weight excluding hydrogens is 340 g/mol. The number of halogens is 4. The summed E-state index contributed by atoms with van der Waals surface area (Å²) in [5.41, 5.74) is -0.501. The lowest BCUT2D eigenvalue weighted by atomic mass is 10.0. The van der Waals surface area contributed by atoms with E-state index in [-0.39, 0.29) is 11.1 Å². The van der Waals surface area contributed by atoms with Gasteiger partial charge in [-0.2, -0.15) is 13.2 Å². The molecule has 8 heteroatoms. The summed E-state index contributed by atoms with van der Waals surface area (Å²) in [5.74, 6) is -1.33. The fraction of sp³-hybridized carbons (Fsp3) is 0.235. The minimum atomic E-state index is -4.79. The lowest BCUT2D eigenvalue weighted by Crippen LogP contribution is -2.09. The lowest BCUT2D eigenvalue weighted by Gasteiger charge is -2.10. The maximum Gasteiger partial charge on any atom is 0.419 e. The van der Waals surface area contributed by atoms with Crippen LogP contribution in [0.2, 0.25) is 0 Å². The van der Waals surface area contributed by atoms with Gasteiger partial charge < -0.3 is 4.74 Å². The Morgan fingerprint density at radius 1 is 1.12 bits per heavy atom. The van der Waals surface area contributed by atoms with Crippen LogP contribution in [-0.2, 0) is 17.5 Å². The first kappa shape index (κ1) is 17.2. The van der Waals surface area contributed by atoms with Crippen molar-refractivity contribution >= 4 is 10.9 Å². The highest BCUT2D eigenvalue weighted by molar-refractivity contribution is 5.84. The SMILES string of the molecule is COCCn1[nH]c(=O)c2cc(-c3ccc(F)c(C(F)(F)F)c3)ccc21. The van der Waals surface area contributed by atoms with Crippen LogP contribution in [0.1, 0.15) is 5.56 Å². The zero-order valence-corrected chi connectivity index (χ0v) is 13.2. The van der Waals surface area contributed by atoms with Crippen LogP contribution in [0.5, 0.6) is 0 Å². The Morgan fingerprint density at radius 2 is 1.80 bits per heavy atom. The average Bonchev–Trinajstić information content (AvgIpc) is 2.88. The van der Waals surface area contributed by atoms with E-state index in [9.17, 15) is 22.4 Å². The molecule has 0 aliphatic rings. The zero-order chi connectivity index (χ0) is 18.2. The van der Waals surface area contributed by atoms with Crippen molar-refractivity contribution in [3.8, 4) is 11.1 Å². The fourth-order valence-electron chi connectivity index (χ4n) is 2.66. The number of fused-ring (bicyclic) bond motifs is 1. The fourth-order valence-corrected chi connectivity index (χ4v) is 2.66. The predicted molar refractivity (Wildman–Crippen MR) is 84.8 cm³/mol. The van der Waals surface area contributed by atoms with Crippen molar-refractivity contribution in [3.05, 3.63) is 58.1 Å². The Hall–Kier alpha value is -2.61. The highest BCUT2D eigenvalue weighted by Crippen LogP contribution is 2.34. The van der Waals surface area contributed by atoms with Crippen LogP contribution in [-0.4, -0.2) is 23.5 Å². The third kappa shape index (κ3) is 3.30. The lowest BCUT2D eigenvalue weighted by molar-refractivity contribution is -0.139. The van der Waals surface area contributed by atoms with Crippen LogP contribution in [0.3, 0.4) is 0 Å². The molecule has 0 amide bonds. The van der Waals surface area contributed by atoms with Crippen LogP contribution in [0, 0.1) is 5.82 Å². The van der Waals surface area contributed by atoms with E-state index in [1.807, 2.05) is 0 Å². The molecule has 0 atom stereocenters. The Bertz CT molecular complexity index is 973. The highest BCUT2D eigenvalue weighted by atomic mass is 19.4. The van der Waals surface area contributed by atoms with Crippen LogP contribution < -0.4 is 5.56 Å². The Labute approximate surface area is 139 Å². The number of hydrogen-bond donors (Lipinski definition) is 1. The standard InChI is InChI=1S/C17H14F4N2O2/c1-25-7-6-23-15-5-3-10(8-12(15)16(24)22-23)11-2-4-14(18)13(9-11)17(19,20)21/h2-5,8-9H,6-7H2,1H3,(H,22,24). The molecule has 3 rings (SSSR count). The third-order valence-corrected chi connectivity index (χ3v) is 3.89. The number of H-pyrrole nitrogens is 1. The number of aromatic nitrogens is 2. The maximum absolute atomic E-state index is 13.4. The second kappa shape index (κ2) is 6.36. The van der Waals surface area contributed by atoms with Gasteiger partial charge in [-0.25, -0.2) is 4.39 Å². The topological polar surface area (TPSA) is 47.0 Å². The Balaban J connectivity index is 2.09. The van der Waals surface area contributed by atoms with E-state index in [2.05, 4.69) is 5.10 Å². The van der Waals surface area contributed by atoms with Crippen molar-refractivity contribution < 1.29 is 22.3 Å². The van der Waals surface area contributed by atoms with Gasteiger partial charge in [0.05, 0.1) is 29.6 Å². The van der Waals surface area contributed by atoms with E-state index in [0.29, 0.717) is 29.6 Å². The number of aromatic amines is 1. The van der Waals surface area contributed by atoms with Gasteiger partial charge in [0, 0.05) is 7.11 Å². The molecule has 0 aliphatic heterocycles. The molecule has 0 saturated heterocycles. The molecule has 0 fully saturated rings. The van der Waals surface area contributed by atoms with Gasteiger partial charge in [-0.1, -0.05) is 12.1 Å². The molecule has 3 aromatic rings. The molecule has 0 saturated carbocycles. The average molecular weight is 354 g/mol. The van der Waals surface area contributed by atoms with Crippen molar-refractivity contribution in [1.29, 1.82) is 0 Å². The van der Waals surface area contributed by atoms with Crippen LogP contribution in [0.15, 0.2) is 41.2 Å². The number of ether oxygens (including phenoxy) is 1. The molecule has 132 valence electrons. The van der Waals surface area contributed by atoms with Gasteiger partial charge in [0.15, 0.2) is 0 Å². The molecule has 0 aliphatic carbocycles. The van der Waals surface area contributed by atoms with E-state index in [1.165, 1.54) is 19.2 Å². The van der Waals surface area contributed by atoms with E-state index in [0.717, 1.165) is 12.1 Å². The Kier molecular flexibility index (Phi) is 4.38. The third-order valence-electron chi connectivity index (χ3n) is 3.89. The first-order valence-electron chi connectivity index (χ1n) is 7.40. The molecule has 1 aromatic heterocycles. The van der Waals surface area contributed by atoms with Gasteiger partial charge in [0.1, 0.15) is 5.82 Å². The number of benzene rings is 2. The number of methoxy groups -OCH3 is 1. The van der Waals surface area contributed by atoms with Crippen molar-refractivity contribution in [2.24, 2.45) is 0 Å². The maximum atomic E-state index is 13.4. The van der Waals surface area contributed by atoms with Gasteiger partial charge in [0.25, 0.3) is 5.56 Å². The Morgan fingerprint density at radius 3 is 2.48 bits per heavy atom. The minimum Gasteiger partial charge on any atom is -0.383 e. The second-order valence-electron chi connectivity index (χ2n) is 5.51. The number of rotatable bonds is 4. The van der Waals surface area contributed by atoms with Crippen molar-refractivity contribution in [2.75, 3.05) is 13.7 Å². The van der Waals surface area contributed by atoms with Crippen molar-refractivity contribution in [3.63, 3.8) is 0 Å². The molecule has 4 nitrogen and oxygen atoms in total. The van der Waals surface area contributed by atoms with E-state index < -0.39 is 17.6 Å². The van der Waals surface area contributed by atoms with Crippen LogP contribution >= 0.6 is 0 Å². The predicted octanol–water partition coefficient (Wildman–Crippen LogP) is 3.80. The van der Waals surface area contributed by atoms with E-state index >= 15 is 0 Å². The quantitative estimate of drug-likeness (QED) is 0.725. The summed E-state index contributed by atoms with van der Waals surface area (Å²) in [5, 5.41) is 2.99. The molecule has 0 bridgehead atoms. The molecule has 1 heterocycles. The van der Waals surface area contributed by atoms with Crippen LogP contribution in [0.25, 0.3) is 22.0 Å². The van der Waals surface area contributed by atoms with Gasteiger partial charge in [-0.15, -0.1) is 0 Å². The molecular formula is C17H14F4N2O2. The zero-order valence-electron chi connectivity index (χ0n) is 13.2. The van der Waals surface area contributed by atoms with Crippen LogP contribution in [0.4, 0.5) is 17.6 Å². The minimum absolute atomic E-state index is 0.180. The summed E-state index contributed by atoms with van der Waals surface area (Å²) in [4.78, 5) is 12.1. The van der Waals surface area contributed by atoms with Gasteiger partial charge in [-0.3, -0.25) is 14.6 Å². The van der Waals surface area contributed by atoms with E-state index in [4.69, 9.17) is 4.74 Å². The van der Waals surface area contributed by atoms with Crippen molar-refractivity contribution in [2.45, 2.75) is 12.7 Å². The second-order valence-corrected chi connectivity index (χ2v) is 5.51. The molecule has 2 aromatic carbocycles. The highest BCUT2D eigenvalue weighted by Gasteiger charge is 2.34. The summed E-state index contributed by atoms with van der Waals surface area (Å²) in [6.07, 6.45) is -4.79.